The highest BCUT2D eigenvalue weighted by molar-refractivity contribution is 7.91. The van der Waals surface area contributed by atoms with Gasteiger partial charge in [-0.25, -0.2) is 13.4 Å². The average molecular weight is 881 g/mol. The van der Waals surface area contributed by atoms with Crippen LogP contribution < -0.4 is 19.5 Å². The quantitative estimate of drug-likeness (QED) is 0.136. The Morgan fingerprint density at radius 1 is 1.16 bits per heavy atom. The largest absolute Gasteiger partial charge is 0.477 e. The monoisotopic (exact) mass is 880 g/mol. The van der Waals surface area contributed by atoms with Gasteiger partial charge >= 0.3 is 5.97 Å². The summed E-state index contributed by atoms with van der Waals surface area (Å²) in [6.45, 7) is 13.6. The van der Waals surface area contributed by atoms with E-state index >= 15 is 0 Å². The number of rotatable bonds is 12. The number of sulfonamides is 1. The highest BCUT2D eigenvalue weighted by atomic mass is 32.2. The average Bonchev–Trinajstić information content (AvgIpc) is 3.87. The molecular formula is C44H60N6O9S2. The number of imidazole rings is 1. The van der Waals surface area contributed by atoms with Crippen LogP contribution in [-0.4, -0.2) is 98.2 Å². The molecule has 0 bridgehead atoms. The molecule has 4 heterocycles. The molecule has 332 valence electrons. The smallest absolute Gasteiger partial charge is 0.306 e. The summed E-state index contributed by atoms with van der Waals surface area (Å²) in [5, 5.41) is 17.9. The number of hydrogen-bond donors (Lipinski definition) is 3. The van der Waals surface area contributed by atoms with Crippen LogP contribution in [0.15, 0.2) is 41.0 Å². The SMILES string of the molecule is CCOc1csc(-c2cccc3c2nc(O[C@@H]2C[C@H]4C(=O)N[C@]5(C(=O)NS(=O)(=O)C6(C)CC6)CC5=C=CCCCCC[C@H](CCC(=O)OC(C)(C)C)[C@H](O)N4C2)n3C(C)C)n1. The van der Waals surface area contributed by atoms with Crippen molar-refractivity contribution >= 4 is 50.2 Å². The maximum absolute atomic E-state index is 14.7. The Bertz CT molecular complexity index is 2320. The molecule has 2 amide bonds. The summed E-state index contributed by atoms with van der Waals surface area (Å²) in [6.07, 6.45) is 5.29. The van der Waals surface area contributed by atoms with Gasteiger partial charge in [0.15, 0.2) is 5.54 Å². The third kappa shape index (κ3) is 9.70. The first kappa shape index (κ1) is 44.8. The number of nitrogens with one attached hydrogen (secondary N) is 2. The van der Waals surface area contributed by atoms with Gasteiger partial charge in [-0.2, -0.15) is 4.98 Å². The van der Waals surface area contributed by atoms with Crippen molar-refractivity contribution < 1.29 is 42.1 Å². The molecule has 2 aliphatic carbocycles. The number of ether oxygens (including phenoxy) is 3. The predicted molar refractivity (Wildman–Crippen MR) is 231 cm³/mol. The van der Waals surface area contributed by atoms with Gasteiger partial charge in [-0.1, -0.05) is 18.9 Å². The van der Waals surface area contributed by atoms with Gasteiger partial charge in [0, 0.05) is 43.0 Å². The van der Waals surface area contributed by atoms with Crippen LogP contribution in [0.3, 0.4) is 0 Å². The Morgan fingerprint density at radius 3 is 2.64 bits per heavy atom. The molecule has 7 rings (SSSR count). The van der Waals surface area contributed by atoms with E-state index in [1.54, 1.807) is 11.8 Å². The number of amides is 2. The molecule has 15 nitrogen and oxygen atoms in total. The zero-order valence-corrected chi connectivity index (χ0v) is 37.9. The summed E-state index contributed by atoms with van der Waals surface area (Å²) in [5.41, 5.74) is 3.76. The lowest BCUT2D eigenvalue weighted by atomic mass is 9.93. The second kappa shape index (κ2) is 17.5. The van der Waals surface area contributed by atoms with E-state index in [1.807, 2.05) is 75.8 Å². The first-order valence-electron chi connectivity index (χ1n) is 21.6. The Hall–Kier alpha value is -4.28. The lowest BCUT2D eigenvalue weighted by Gasteiger charge is -2.34. The summed E-state index contributed by atoms with van der Waals surface area (Å²) in [4.78, 5) is 53.0. The minimum Gasteiger partial charge on any atom is -0.477 e. The van der Waals surface area contributed by atoms with Crippen LogP contribution >= 0.6 is 11.3 Å². The molecule has 0 radical (unpaired) electrons. The normalized spacial score (nSPS) is 25.7. The van der Waals surface area contributed by atoms with Gasteiger partial charge in [0.2, 0.25) is 21.8 Å². The molecule has 0 spiro atoms. The van der Waals surface area contributed by atoms with E-state index in [0.29, 0.717) is 61.7 Å². The molecule has 17 heteroatoms. The minimum absolute atomic E-state index is 0.0656. The molecule has 2 aromatic heterocycles. The summed E-state index contributed by atoms with van der Waals surface area (Å²) < 4.78 is 47.8. The van der Waals surface area contributed by atoms with E-state index < -0.39 is 62.0 Å². The summed E-state index contributed by atoms with van der Waals surface area (Å²) >= 11 is 1.46. The summed E-state index contributed by atoms with van der Waals surface area (Å²) in [7, 11) is -4.01. The highest BCUT2D eigenvalue weighted by Gasteiger charge is 2.61. The third-order valence-corrected chi connectivity index (χ3v) is 15.1. The predicted octanol–water partition coefficient (Wildman–Crippen LogP) is 6.32. The van der Waals surface area contributed by atoms with E-state index in [9.17, 15) is 27.9 Å². The van der Waals surface area contributed by atoms with Gasteiger partial charge in [0.05, 0.1) is 28.3 Å². The van der Waals surface area contributed by atoms with E-state index in [0.717, 1.165) is 35.4 Å². The van der Waals surface area contributed by atoms with Crippen molar-refractivity contribution in [3.05, 3.63) is 41.0 Å². The Kier molecular flexibility index (Phi) is 12.8. The van der Waals surface area contributed by atoms with Crippen molar-refractivity contribution in [2.75, 3.05) is 13.2 Å². The van der Waals surface area contributed by atoms with Crippen LogP contribution in [0.4, 0.5) is 0 Å². The Morgan fingerprint density at radius 2 is 1.93 bits per heavy atom. The fraction of sp³-hybridized carbons (Fsp3) is 0.636. The zero-order chi connectivity index (χ0) is 43.9. The number of esters is 1. The topological polar surface area (TPSA) is 191 Å². The van der Waals surface area contributed by atoms with Crippen molar-refractivity contribution in [3.63, 3.8) is 0 Å². The first-order valence-corrected chi connectivity index (χ1v) is 24.0. The number of nitrogens with zero attached hydrogens (tertiary/aromatic N) is 4. The van der Waals surface area contributed by atoms with Crippen molar-refractivity contribution in [1.82, 2.24) is 29.5 Å². The molecule has 3 fully saturated rings. The van der Waals surface area contributed by atoms with E-state index in [2.05, 4.69) is 20.8 Å². The van der Waals surface area contributed by atoms with Crippen LogP contribution in [0, 0.1) is 5.92 Å². The fourth-order valence-electron chi connectivity index (χ4n) is 8.35. The number of thiazole rings is 1. The van der Waals surface area contributed by atoms with Crippen LogP contribution in [-0.2, 0) is 29.1 Å². The zero-order valence-electron chi connectivity index (χ0n) is 36.3. The second-order valence-electron chi connectivity index (χ2n) is 18.4. The molecule has 3 aromatic rings. The Balaban J connectivity index is 1.21. The first-order chi connectivity index (χ1) is 28.8. The van der Waals surface area contributed by atoms with Gasteiger partial charge < -0.3 is 24.6 Å². The van der Waals surface area contributed by atoms with Gasteiger partial charge in [0.1, 0.15) is 28.5 Å². The molecule has 0 unspecified atom stereocenters. The van der Waals surface area contributed by atoms with Gasteiger partial charge in [-0.3, -0.25) is 28.6 Å². The molecule has 3 N–H and O–H groups in total. The number of carbonyl (C=O) groups excluding carboxylic acids is 3. The number of aliphatic hydroxyl groups excluding tert-OH is 1. The van der Waals surface area contributed by atoms with E-state index in [4.69, 9.17) is 19.2 Å². The highest BCUT2D eigenvalue weighted by Crippen LogP contribution is 2.46. The van der Waals surface area contributed by atoms with Crippen molar-refractivity contribution in [3.8, 4) is 22.5 Å². The standard InChI is InChI=1S/C44H60N6O9S2/c1-8-57-34-26-60-38(45-34)31-17-14-18-32-36(31)46-41(50(32)27(2)3)58-30-23-33-37(52)47-44(40(54)48-61(55,56)43(7)21-22-43)24-29(44)16-13-11-9-10-12-15-28(39(53)49(33)25-30)19-20-35(51)59-42(4,5)6/h13-14,17-18,26-28,30,33,39,53H,8-12,15,19-25H2,1-7H3,(H,47,52)(H,48,54)/t16?,28-,30-,33+,39+,44-/m1/s1. The fourth-order valence-corrected chi connectivity index (χ4v) is 10.4. The number of fused-ring (bicyclic) bond motifs is 3. The maximum atomic E-state index is 14.7. The van der Waals surface area contributed by atoms with Crippen molar-refractivity contribution in [2.45, 2.75) is 159 Å². The number of benzene rings is 1. The number of aliphatic hydroxyl groups is 1. The molecule has 61 heavy (non-hydrogen) atoms. The third-order valence-electron chi connectivity index (χ3n) is 12.1. The van der Waals surface area contributed by atoms with Crippen LogP contribution in [0.5, 0.6) is 11.9 Å². The van der Waals surface area contributed by atoms with Gasteiger partial charge in [-0.15, -0.1) is 17.1 Å². The number of para-hydroxylation sites is 1. The maximum Gasteiger partial charge on any atom is 0.306 e. The van der Waals surface area contributed by atoms with E-state index in [1.165, 1.54) is 11.3 Å². The van der Waals surface area contributed by atoms with E-state index in [-0.39, 0.29) is 37.8 Å². The number of hydrogen-bond acceptors (Lipinski definition) is 13. The molecule has 1 aromatic carbocycles. The Labute approximate surface area is 362 Å². The van der Waals surface area contributed by atoms with Crippen LogP contribution in [0.1, 0.15) is 125 Å². The number of carbonyl (C=O) groups is 3. The van der Waals surface area contributed by atoms with Gasteiger partial charge in [0.25, 0.3) is 11.9 Å². The molecule has 2 saturated carbocycles. The van der Waals surface area contributed by atoms with Crippen LogP contribution in [0.25, 0.3) is 21.6 Å². The lowest BCUT2D eigenvalue weighted by molar-refractivity contribution is -0.156. The molecular weight excluding hydrogens is 821 g/mol. The second-order valence-corrected chi connectivity index (χ2v) is 21.4. The summed E-state index contributed by atoms with van der Waals surface area (Å²) in [5.74, 6) is -1.61. The van der Waals surface area contributed by atoms with Crippen LogP contribution in [0.2, 0.25) is 0 Å². The molecule has 5 atom stereocenters. The van der Waals surface area contributed by atoms with Gasteiger partial charge in [-0.05, 0) is 111 Å². The number of aromatic nitrogens is 3. The van der Waals surface area contributed by atoms with Crippen molar-refractivity contribution in [2.24, 2.45) is 5.92 Å². The molecule has 4 aliphatic rings. The molecule has 1 saturated heterocycles. The molecule has 2 aliphatic heterocycles. The minimum atomic E-state index is -4.01. The van der Waals surface area contributed by atoms with Crippen molar-refractivity contribution in [1.29, 1.82) is 0 Å². The summed E-state index contributed by atoms with van der Waals surface area (Å²) in [6, 6.07) is 5.18. The lowest BCUT2D eigenvalue weighted by Crippen LogP contribution is -2.57.